The van der Waals surface area contributed by atoms with Crippen LogP contribution in [0.2, 0.25) is 0 Å². The lowest BCUT2D eigenvalue weighted by Crippen LogP contribution is -2.52. The summed E-state index contributed by atoms with van der Waals surface area (Å²) in [5.41, 5.74) is -2.35. The maximum Gasteiger partial charge on any atom is 0.408 e. The van der Waals surface area contributed by atoms with E-state index in [1.54, 1.807) is 46.8 Å². The zero-order valence-electron chi connectivity index (χ0n) is 26.0. The minimum atomic E-state index is -1.69. The molecule has 0 unspecified atom stereocenters. The van der Waals surface area contributed by atoms with Crippen molar-refractivity contribution in [3.05, 3.63) is 24.2 Å². The fourth-order valence-electron chi connectivity index (χ4n) is 6.31. The van der Waals surface area contributed by atoms with Crippen LogP contribution in [0.15, 0.2) is 18.5 Å². The molecule has 4 atom stereocenters. The molecule has 0 spiro atoms. The first kappa shape index (κ1) is 31.6. The van der Waals surface area contributed by atoms with E-state index in [1.807, 2.05) is 0 Å². The van der Waals surface area contributed by atoms with E-state index < -0.39 is 52.9 Å². The molecule has 0 bridgehead atoms. The van der Waals surface area contributed by atoms with E-state index in [4.69, 9.17) is 23.7 Å². The normalized spacial score (nSPS) is 27.2. The van der Waals surface area contributed by atoms with Gasteiger partial charge in [-0.05, 0) is 59.6 Å². The molecular formula is C30H40N6O8. The highest BCUT2D eigenvalue weighted by Gasteiger charge is 2.65. The van der Waals surface area contributed by atoms with Crippen molar-refractivity contribution in [1.82, 2.24) is 19.9 Å². The van der Waals surface area contributed by atoms with Gasteiger partial charge < -0.3 is 34.3 Å². The SMILES string of the molecule is CC(=O)Nc1ncnn2c([C@]3(C#N)O[C@H](COC(=O)CC4(NC(=O)OC(C)(C)C)CCCCC4)[C@H]4OC(C)(C)O[C@H]43)ccc12. The van der Waals surface area contributed by atoms with Gasteiger partial charge in [-0.2, -0.15) is 10.4 Å². The van der Waals surface area contributed by atoms with E-state index in [2.05, 4.69) is 26.8 Å². The van der Waals surface area contributed by atoms with Gasteiger partial charge in [-0.1, -0.05) is 19.3 Å². The maximum absolute atomic E-state index is 13.3. The Morgan fingerprint density at radius 1 is 1.14 bits per heavy atom. The third kappa shape index (κ3) is 6.36. The Bertz CT molecular complexity index is 1470. The Morgan fingerprint density at radius 2 is 1.86 bits per heavy atom. The second kappa shape index (κ2) is 11.6. The number of alkyl carbamates (subject to hydrolysis) is 1. The lowest BCUT2D eigenvalue weighted by atomic mass is 9.79. The van der Waals surface area contributed by atoms with Gasteiger partial charge in [0.2, 0.25) is 11.5 Å². The fourth-order valence-corrected chi connectivity index (χ4v) is 6.31. The average Bonchev–Trinajstić information content (AvgIpc) is 3.57. The van der Waals surface area contributed by atoms with Crippen molar-refractivity contribution in [3.8, 4) is 6.07 Å². The van der Waals surface area contributed by atoms with Gasteiger partial charge in [0.05, 0.1) is 17.7 Å². The molecule has 44 heavy (non-hydrogen) atoms. The predicted octanol–water partition coefficient (Wildman–Crippen LogP) is 3.49. The molecule has 2 aromatic heterocycles. The Balaban J connectivity index is 1.36. The summed E-state index contributed by atoms with van der Waals surface area (Å²) in [5, 5.41) is 20.5. The third-order valence-electron chi connectivity index (χ3n) is 7.99. The Kier molecular flexibility index (Phi) is 8.34. The van der Waals surface area contributed by atoms with Gasteiger partial charge in [0.15, 0.2) is 11.6 Å². The van der Waals surface area contributed by atoms with Crippen LogP contribution in [0.3, 0.4) is 0 Å². The minimum absolute atomic E-state index is 0.0362. The summed E-state index contributed by atoms with van der Waals surface area (Å²) in [6.07, 6.45) is 2.16. The number of rotatable bonds is 7. The molecule has 0 radical (unpaired) electrons. The molecule has 3 fully saturated rings. The summed E-state index contributed by atoms with van der Waals surface area (Å²) in [7, 11) is 0. The first-order valence-corrected chi connectivity index (χ1v) is 14.9. The summed E-state index contributed by atoms with van der Waals surface area (Å²) in [4.78, 5) is 41.8. The van der Waals surface area contributed by atoms with Crippen LogP contribution < -0.4 is 10.6 Å². The standard InChI is InChI=1S/C30H40N6O8/c1-18(37)34-25-19-10-11-21(36(19)33-17-32-25)30(16-31)24-23(42-28(5,6)43-24)20(41-30)15-40-22(38)14-29(12-8-7-9-13-29)35-26(39)44-27(2,3)4/h10-11,17,20,23-24H,7-9,12-15H2,1-6H3,(H,35,39)(H,32,33,34,37)/t20-,23-,24-,30+/m1/s1. The zero-order chi connectivity index (χ0) is 31.9. The van der Waals surface area contributed by atoms with E-state index in [0.717, 1.165) is 19.3 Å². The summed E-state index contributed by atoms with van der Waals surface area (Å²) in [6, 6.07) is 5.61. The molecule has 14 heteroatoms. The van der Waals surface area contributed by atoms with Crippen molar-refractivity contribution in [3.63, 3.8) is 0 Å². The number of carbonyl (C=O) groups is 3. The number of carbonyl (C=O) groups excluding carboxylic acids is 3. The van der Waals surface area contributed by atoms with Gasteiger partial charge in [0.25, 0.3) is 0 Å². The van der Waals surface area contributed by atoms with E-state index in [9.17, 15) is 19.6 Å². The molecule has 1 aliphatic carbocycles. The van der Waals surface area contributed by atoms with E-state index >= 15 is 0 Å². The van der Waals surface area contributed by atoms with E-state index in [0.29, 0.717) is 24.1 Å². The van der Waals surface area contributed by atoms with Gasteiger partial charge in [-0.15, -0.1) is 0 Å². The van der Waals surface area contributed by atoms with Crippen molar-refractivity contribution >= 4 is 29.3 Å². The number of anilines is 1. The number of amides is 2. The molecule has 14 nitrogen and oxygen atoms in total. The van der Waals surface area contributed by atoms with Crippen LogP contribution in [0.5, 0.6) is 0 Å². The van der Waals surface area contributed by atoms with Gasteiger partial charge in [-0.3, -0.25) is 9.59 Å². The second-order valence-electron chi connectivity index (χ2n) is 13.2. The van der Waals surface area contributed by atoms with Crippen molar-refractivity contribution in [1.29, 1.82) is 5.26 Å². The molecule has 0 aromatic carbocycles. The largest absolute Gasteiger partial charge is 0.463 e. The number of nitrogens with one attached hydrogen (secondary N) is 2. The molecule has 2 N–H and O–H groups in total. The van der Waals surface area contributed by atoms with Crippen LogP contribution in [-0.2, 0) is 38.9 Å². The molecule has 2 aliphatic heterocycles. The first-order valence-electron chi connectivity index (χ1n) is 14.9. The Labute approximate surface area is 255 Å². The minimum Gasteiger partial charge on any atom is -0.463 e. The van der Waals surface area contributed by atoms with Gasteiger partial charge >= 0.3 is 12.1 Å². The number of hydrogen-bond acceptors (Lipinski definition) is 11. The van der Waals surface area contributed by atoms with Gasteiger partial charge in [0, 0.05) is 6.92 Å². The molecule has 238 valence electrons. The number of fused-ring (bicyclic) bond motifs is 2. The monoisotopic (exact) mass is 612 g/mol. The van der Waals surface area contributed by atoms with Crippen molar-refractivity contribution in [2.45, 2.75) is 121 Å². The molecule has 4 heterocycles. The molecule has 2 saturated heterocycles. The Hall–Kier alpha value is -3.80. The highest BCUT2D eigenvalue weighted by Crippen LogP contribution is 2.49. The molecule has 3 aliphatic rings. The molecule has 1 saturated carbocycles. The van der Waals surface area contributed by atoms with E-state index in [1.165, 1.54) is 17.8 Å². The highest BCUT2D eigenvalue weighted by atomic mass is 16.8. The lowest BCUT2D eigenvalue weighted by Gasteiger charge is -2.37. The zero-order valence-corrected chi connectivity index (χ0v) is 26.0. The molecule has 2 aromatic rings. The predicted molar refractivity (Wildman–Crippen MR) is 154 cm³/mol. The summed E-state index contributed by atoms with van der Waals surface area (Å²) in [5.74, 6) is -1.60. The number of hydrogen-bond donors (Lipinski definition) is 2. The van der Waals surface area contributed by atoms with Crippen LogP contribution in [0.25, 0.3) is 5.52 Å². The van der Waals surface area contributed by atoms with Crippen LogP contribution in [0, 0.1) is 11.3 Å². The number of nitriles is 1. The van der Waals surface area contributed by atoms with Crippen molar-refractivity contribution < 1.29 is 38.1 Å². The van der Waals surface area contributed by atoms with Crippen molar-refractivity contribution in [2.75, 3.05) is 11.9 Å². The number of ether oxygens (including phenoxy) is 5. The van der Waals surface area contributed by atoms with Crippen molar-refractivity contribution in [2.24, 2.45) is 0 Å². The number of nitrogens with zero attached hydrogens (tertiary/aromatic N) is 4. The summed E-state index contributed by atoms with van der Waals surface area (Å²) in [6.45, 7) is 9.98. The van der Waals surface area contributed by atoms with Gasteiger partial charge in [0.1, 0.15) is 48.4 Å². The van der Waals surface area contributed by atoms with Crippen LogP contribution in [0.1, 0.15) is 85.8 Å². The Morgan fingerprint density at radius 3 is 2.52 bits per heavy atom. The van der Waals surface area contributed by atoms with Crippen LogP contribution >= 0.6 is 0 Å². The highest BCUT2D eigenvalue weighted by molar-refractivity contribution is 5.91. The van der Waals surface area contributed by atoms with Crippen LogP contribution in [0.4, 0.5) is 10.6 Å². The molecule has 5 rings (SSSR count). The number of aromatic nitrogens is 3. The molecular weight excluding hydrogens is 572 g/mol. The number of esters is 1. The topological polar surface area (TPSA) is 175 Å². The first-order chi connectivity index (χ1) is 20.7. The summed E-state index contributed by atoms with van der Waals surface area (Å²) >= 11 is 0. The van der Waals surface area contributed by atoms with Gasteiger partial charge in [-0.25, -0.2) is 14.3 Å². The smallest absolute Gasteiger partial charge is 0.408 e. The quantitative estimate of drug-likeness (QED) is 0.438. The van der Waals surface area contributed by atoms with Crippen LogP contribution in [-0.4, -0.2) is 74.4 Å². The van der Waals surface area contributed by atoms with E-state index in [-0.39, 0.29) is 24.8 Å². The third-order valence-corrected chi connectivity index (χ3v) is 7.99. The maximum atomic E-state index is 13.3. The average molecular weight is 613 g/mol. The second-order valence-corrected chi connectivity index (χ2v) is 13.2. The lowest BCUT2D eigenvalue weighted by molar-refractivity contribution is -0.207. The molecule has 2 amide bonds. The fraction of sp³-hybridized carbons (Fsp3) is 0.667. The summed E-state index contributed by atoms with van der Waals surface area (Å²) < 4.78 is 31.4.